The molecule has 2 rings (SSSR count). The van der Waals surface area contributed by atoms with Crippen molar-refractivity contribution < 1.29 is 17.9 Å². The fourth-order valence-corrected chi connectivity index (χ4v) is 2.25. The molecule has 0 saturated heterocycles. The SMILES string of the molecule is Cc1cc(C=NNc2nc(C)cs2)cc(OC(F)(F)F)c1. The van der Waals surface area contributed by atoms with Gasteiger partial charge >= 0.3 is 6.36 Å². The number of nitrogens with zero attached hydrogens (tertiary/aromatic N) is 2. The predicted octanol–water partition coefficient (Wildman–Crippen LogP) is 4.10. The van der Waals surface area contributed by atoms with Gasteiger partial charge in [-0.3, -0.25) is 5.43 Å². The Kier molecular flexibility index (Phi) is 4.46. The number of thiazole rings is 1. The van der Waals surface area contributed by atoms with Gasteiger partial charge in [0.2, 0.25) is 5.13 Å². The number of hydrazone groups is 1. The number of hydrogen-bond acceptors (Lipinski definition) is 5. The van der Waals surface area contributed by atoms with Crippen molar-refractivity contribution in [2.45, 2.75) is 20.2 Å². The third-order valence-electron chi connectivity index (χ3n) is 2.30. The lowest BCUT2D eigenvalue weighted by Gasteiger charge is -2.10. The van der Waals surface area contributed by atoms with Gasteiger partial charge in [0.05, 0.1) is 11.9 Å². The summed E-state index contributed by atoms with van der Waals surface area (Å²) >= 11 is 1.39. The highest BCUT2D eigenvalue weighted by molar-refractivity contribution is 7.13. The first kappa shape index (κ1) is 15.3. The zero-order valence-corrected chi connectivity index (χ0v) is 12.0. The molecule has 112 valence electrons. The second-order valence-corrected chi connectivity index (χ2v) is 5.15. The fourth-order valence-electron chi connectivity index (χ4n) is 1.61. The summed E-state index contributed by atoms with van der Waals surface area (Å²) in [6.07, 6.45) is -3.30. The van der Waals surface area contributed by atoms with Crippen LogP contribution in [0, 0.1) is 13.8 Å². The highest BCUT2D eigenvalue weighted by Gasteiger charge is 2.31. The maximum atomic E-state index is 12.2. The van der Waals surface area contributed by atoms with Crippen molar-refractivity contribution in [3.05, 3.63) is 40.4 Å². The Hall–Kier alpha value is -2.09. The summed E-state index contributed by atoms with van der Waals surface area (Å²) in [5.74, 6) is -0.269. The molecular weight excluding hydrogens is 303 g/mol. The van der Waals surface area contributed by atoms with Gasteiger partial charge in [0.1, 0.15) is 5.75 Å². The number of ether oxygens (including phenoxy) is 1. The van der Waals surface area contributed by atoms with Crippen LogP contribution in [-0.2, 0) is 0 Å². The van der Waals surface area contributed by atoms with E-state index in [2.05, 4.69) is 20.2 Å². The van der Waals surface area contributed by atoms with E-state index >= 15 is 0 Å². The molecule has 0 bridgehead atoms. The maximum Gasteiger partial charge on any atom is 0.573 e. The van der Waals surface area contributed by atoms with Crippen molar-refractivity contribution in [2.75, 3.05) is 5.43 Å². The third kappa shape index (κ3) is 5.07. The van der Waals surface area contributed by atoms with Crippen LogP contribution in [0.1, 0.15) is 16.8 Å². The van der Waals surface area contributed by atoms with Crippen molar-refractivity contribution in [2.24, 2.45) is 5.10 Å². The molecule has 1 N–H and O–H groups in total. The molecule has 0 aliphatic heterocycles. The summed E-state index contributed by atoms with van der Waals surface area (Å²) in [5, 5.41) is 6.41. The number of aryl methyl sites for hydroxylation is 2. The van der Waals surface area contributed by atoms with Crippen LogP contribution in [0.2, 0.25) is 0 Å². The molecule has 0 amide bonds. The Labute approximate surface area is 123 Å². The van der Waals surface area contributed by atoms with E-state index in [0.29, 0.717) is 16.3 Å². The van der Waals surface area contributed by atoms with Crippen molar-refractivity contribution in [3.8, 4) is 5.75 Å². The minimum absolute atomic E-state index is 0.269. The Balaban J connectivity index is 2.08. The molecule has 21 heavy (non-hydrogen) atoms. The van der Waals surface area contributed by atoms with Crippen molar-refractivity contribution >= 4 is 22.7 Å². The average molecular weight is 315 g/mol. The van der Waals surface area contributed by atoms with E-state index in [0.717, 1.165) is 5.69 Å². The number of anilines is 1. The van der Waals surface area contributed by atoms with Gasteiger partial charge < -0.3 is 4.74 Å². The standard InChI is InChI=1S/C13H12F3N3OS/c1-8-3-10(5-11(4-8)20-13(14,15)16)6-17-19-12-18-9(2)7-21-12/h3-7H,1-2H3,(H,18,19). The summed E-state index contributed by atoms with van der Waals surface area (Å²) in [6, 6.07) is 4.27. The highest BCUT2D eigenvalue weighted by atomic mass is 32.1. The fraction of sp³-hybridized carbons (Fsp3) is 0.231. The Morgan fingerprint density at radius 2 is 2.05 bits per heavy atom. The summed E-state index contributed by atoms with van der Waals surface area (Å²) in [7, 11) is 0. The summed E-state index contributed by atoms with van der Waals surface area (Å²) in [6.45, 7) is 3.53. The highest BCUT2D eigenvalue weighted by Crippen LogP contribution is 2.24. The number of benzene rings is 1. The van der Waals surface area contributed by atoms with Gasteiger partial charge in [0, 0.05) is 5.38 Å². The van der Waals surface area contributed by atoms with Crippen LogP contribution >= 0.6 is 11.3 Å². The molecule has 0 unspecified atom stereocenters. The van der Waals surface area contributed by atoms with E-state index in [1.807, 2.05) is 12.3 Å². The van der Waals surface area contributed by atoms with Crippen molar-refractivity contribution in [1.82, 2.24) is 4.98 Å². The molecule has 4 nitrogen and oxygen atoms in total. The number of hydrogen-bond donors (Lipinski definition) is 1. The van der Waals surface area contributed by atoms with Gasteiger partial charge in [-0.1, -0.05) is 6.07 Å². The second kappa shape index (κ2) is 6.13. The lowest BCUT2D eigenvalue weighted by Crippen LogP contribution is -2.17. The number of rotatable bonds is 4. The van der Waals surface area contributed by atoms with E-state index in [4.69, 9.17) is 0 Å². The lowest BCUT2D eigenvalue weighted by molar-refractivity contribution is -0.274. The first-order valence-corrected chi connectivity index (χ1v) is 6.78. The van der Waals surface area contributed by atoms with Gasteiger partial charge in [-0.25, -0.2) is 4.98 Å². The van der Waals surface area contributed by atoms with Crippen molar-refractivity contribution in [1.29, 1.82) is 0 Å². The molecule has 0 fully saturated rings. The van der Waals surface area contributed by atoms with Crippen molar-refractivity contribution in [3.63, 3.8) is 0 Å². The number of nitrogens with one attached hydrogen (secondary N) is 1. The number of aromatic nitrogens is 1. The molecule has 0 radical (unpaired) electrons. The van der Waals surface area contributed by atoms with E-state index in [-0.39, 0.29) is 5.75 Å². The summed E-state index contributed by atoms with van der Waals surface area (Å²) < 4.78 is 40.5. The third-order valence-corrected chi connectivity index (χ3v) is 3.16. The van der Waals surface area contributed by atoms with Gasteiger partial charge in [0.25, 0.3) is 0 Å². The normalized spacial score (nSPS) is 11.9. The summed E-state index contributed by atoms with van der Waals surface area (Å²) in [5.41, 5.74) is 4.72. The molecular formula is C13H12F3N3OS. The first-order chi connectivity index (χ1) is 9.82. The molecule has 0 spiro atoms. The van der Waals surface area contributed by atoms with Gasteiger partial charge in [-0.15, -0.1) is 24.5 Å². The Morgan fingerprint density at radius 3 is 2.67 bits per heavy atom. The van der Waals surface area contributed by atoms with Crippen LogP contribution in [0.4, 0.5) is 18.3 Å². The molecule has 0 aliphatic carbocycles. The van der Waals surface area contributed by atoms with E-state index in [1.165, 1.54) is 29.7 Å². The van der Waals surface area contributed by atoms with Crippen LogP contribution in [0.15, 0.2) is 28.7 Å². The van der Waals surface area contributed by atoms with Gasteiger partial charge in [-0.05, 0) is 37.1 Å². The smallest absolute Gasteiger partial charge is 0.406 e. The van der Waals surface area contributed by atoms with Crippen LogP contribution < -0.4 is 10.2 Å². The minimum Gasteiger partial charge on any atom is -0.406 e. The maximum absolute atomic E-state index is 12.2. The molecule has 2 aromatic rings. The van der Waals surface area contributed by atoms with Crippen LogP contribution in [-0.4, -0.2) is 17.6 Å². The van der Waals surface area contributed by atoms with E-state index < -0.39 is 6.36 Å². The first-order valence-electron chi connectivity index (χ1n) is 5.90. The average Bonchev–Trinajstić information content (AvgIpc) is 2.72. The second-order valence-electron chi connectivity index (χ2n) is 4.29. The summed E-state index contributed by atoms with van der Waals surface area (Å²) in [4.78, 5) is 4.15. The topological polar surface area (TPSA) is 46.5 Å². The Bertz CT molecular complexity index is 652. The lowest BCUT2D eigenvalue weighted by atomic mass is 10.1. The zero-order valence-electron chi connectivity index (χ0n) is 11.2. The molecule has 0 saturated carbocycles. The molecule has 8 heteroatoms. The van der Waals surface area contributed by atoms with Crippen LogP contribution in [0.5, 0.6) is 5.75 Å². The van der Waals surface area contributed by atoms with Gasteiger partial charge in [-0.2, -0.15) is 5.10 Å². The van der Waals surface area contributed by atoms with E-state index in [9.17, 15) is 13.2 Å². The van der Waals surface area contributed by atoms with E-state index in [1.54, 1.807) is 13.0 Å². The van der Waals surface area contributed by atoms with Crippen LogP contribution in [0.3, 0.4) is 0 Å². The van der Waals surface area contributed by atoms with Crippen LogP contribution in [0.25, 0.3) is 0 Å². The number of alkyl halides is 3. The molecule has 1 aromatic heterocycles. The monoisotopic (exact) mass is 315 g/mol. The minimum atomic E-state index is -4.71. The molecule has 0 atom stereocenters. The zero-order chi connectivity index (χ0) is 15.5. The van der Waals surface area contributed by atoms with Gasteiger partial charge in [0.15, 0.2) is 0 Å². The number of halogens is 3. The largest absolute Gasteiger partial charge is 0.573 e. The quantitative estimate of drug-likeness (QED) is 0.682. The molecule has 1 heterocycles. The molecule has 0 aliphatic rings. The Morgan fingerprint density at radius 1 is 1.29 bits per heavy atom. The predicted molar refractivity (Wildman–Crippen MR) is 75.9 cm³/mol. The molecule has 1 aromatic carbocycles.